The summed E-state index contributed by atoms with van der Waals surface area (Å²) in [7, 11) is 2.01. The molecule has 3 unspecified atom stereocenters. The van der Waals surface area contributed by atoms with Crippen LogP contribution in [0.3, 0.4) is 0 Å². The van der Waals surface area contributed by atoms with Crippen molar-refractivity contribution in [1.29, 1.82) is 0 Å². The minimum absolute atomic E-state index is 0.283. The quantitative estimate of drug-likeness (QED) is 0.715. The second-order valence-electron chi connectivity index (χ2n) is 3.92. The Hall–Kier alpha value is 0.230. The first kappa shape index (κ1) is 12.3. The van der Waals surface area contributed by atoms with Crippen LogP contribution in [0.15, 0.2) is 0 Å². The molecule has 0 saturated carbocycles. The van der Waals surface area contributed by atoms with Gasteiger partial charge >= 0.3 is 0 Å². The minimum Gasteiger partial charge on any atom is -0.396 e. The highest BCUT2D eigenvalue weighted by Gasteiger charge is 2.24. The van der Waals surface area contributed by atoms with Crippen LogP contribution < -0.4 is 5.32 Å². The van der Waals surface area contributed by atoms with Gasteiger partial charge in [-0.1, -0.05) is 6.92 Å². The summed E-state index contributed by atoms with van der Waals surface area (Å²) in [4.78, 5) is 0. The monoisotopic (exact) mass is 219 g/mol. The molecule has 1 aliphatic rings. The third-order valence-electron chi connectivity index (χ3n) is 2.58. The number of hydrogen-bond donors (Lipinski definition) is 2. The Labute approximate surface area is 90.6 Å². The summed E-state index contributed by atoms with van der Waals surface area (Å²) in [6.45, 7) is 4.07. The summed E-state index contributed by atoms with van der Waals surface area (Å²) in [5, 5.41) is 12.8. The number of ether oxygens (including phenoxy) is 1. The number of hydrogen-bond acceptors (Lipinski definition) is 4. The fraction of sp³-hybridized carbons (Fsp3) is 1.00. The van der Waals surface area contributed by atoms with Gasteiger partial charge in [0.25, 0.3) is 0 Å². The lowest BCUT2D eigenvalue weighted by molar-refractivity contribution is 0.0849. The summed E-state index contributed by atoms with van der Waals surface area (Å²) < 4.78 is 5.46. The van der Waals surface area contributed by atoms with Crippen molar-refractivity contribution in [3.63, 3.8) is 0 Å². The summed E-state index contributed by atoms with van der Waals surface area (Å²) in [5.41, 5.74) is 0. The van der Waals surface area contributed by atoms with Gasteiger partial charge in [0.15, 0.2) is 0 Å². The molecule has 3 atom stereocenters. The molecule has 0 aromatic carbocycles. The van der Waals surface area contributed by atoms with Gasteiger partial charge in [0.2, 0.25) is 0 Å². The predicted octanol–water partition coefficient (Wildman–Crippen LogP) is 0.725. The van der Waals surface area contributed by atoms with Crippen LogP contribution in [0, 0.1) is 5.92 Å². The van der Waals surface area contributed by atoms with Crippen LogP contribution in [0.1, 0.15) is 13.3 Å². The Morgan fingerprint density at radius 1 is 1.64 bits per heavy atom. The maximum absolute atomic E-state index is 8.93. The van der Waals surface area contributed by atoms with E-state index in [1.165, 1.54) is 0 Å². The molecule has 3 nitrogen and oxygen atoms in total. The van der Waals surface area contributed by atoms with E-state index in [9.17, 15) is 0 Å². The van der Waals surface area contributed by atoms with Crippen LogP contribution in [-0.2, 0) is 4.74 Å². The van der Waals surface area contributed by atoms with Crippen LogP contribution in [0.5, 0.6) is 0 Å². The smallest absolute Gasteiger partial charge is 0.0600 e. The van der Waals surface area contributed by atoms with Crippen LogP contribution in [0.25, 0.3) is 0 Å². The molecule has 1 aliphatic heterocycles. The average molecular weight is 219 g/mol. The number of nitrogens with one attached hydrogen (secondary N) is 1. The SMILES string of the molecule is CNC1CCOCC1SCC(C)CO. The van der Waals surface area contributed by atoms with Crippen molar-refractivity contribution in [3.05, 3.63) is 0 Å². The predicted molar refractivity (Wildman–Crippen MR) is 60.8 cm³/mol. The lowest BCUT2D eigenvalue weighted by atomic mass is 10.1. The first-order chi connectivity index (χ1) is 6.77. The van der Waals surface area contributed by atoms with Crippen molar-refractivity contribution in [1.82, 2.24) is 5.32 Å². The van der Waals surface area contributed by atoms with E-state index in [2.05, 4.69) is 12.2 Å². The van der Waals surface area contributed by atoms with Crippen LogP contribution in [-0.4, -0.2) is 49.0 Å². The number of aliphatic hydroxyl groups is 1. The fourth-order valence-corrected chi connectivity index (χ4v) is 2.92. The summed E-state index contributed by atoms with van der Waals surface area (Å²) in [6, 6.07) is 0.569. The molecule has 84 valence electrons. The van der Waals surface area contributed by atoms with Gasteiger partial charge in [-0.2, -0.15) is 11.8 Å². The van der Waals surface area contributed by atoms with E-state index in [1.807, 2.05) is 18.8 Å². The molecule has 1 saturated heterocycles. The molecule has 14 heavy (non-hydrogen) atoms. The lowest BCUT2D eigenvalue weighted by Crippen LogP contribution is -2.43. The van der Waals surface area contributed by atoms with Crippen molar-refractivity contribution in [2.24, 2.45) is 5.92 Å². The Morgan fingerprint density at radius 3 is 3.07 bits per heavy atom. The van der Waals surface area contributed by atoms with Crippen LogP contribution in [0.4, 0.5) is 0 Å². The fourth-order valence-electron chi connectivity index (χ4n) is 1.55. The Kier molecular flexibility index (Phi) is 5.86. The molecule has 0 aromatic heterocycles. The third-order valence-corrected chi connectivity index (χ3v) is 4.24. The maximum Gasteiger partial charge on any atom is 0.0600 e. The molecular weight excluding hydrogens is 198 g/mol. The molecule has 4 heteroatoms. The topological polar surface area (TPSA) is 41.5 Å². The number of thioether (sulfide) groups is 1. The van der Waals surface area contributed by atoms with Gasteiger partial charge in [-0.25, -0.2) is 0 Å². The van der Waals surface area contributed by atoms with Gasteiger partial charge in [0.05, 0.1) is 6.61 Å². The largest absolute Gasteiger partial charge is 0.396 e. The molecule has 2 N–H and O–H groups in total. The van der Waals surface area contributed by atoms with Gasteiger partial charge in [-0.05, 0) is 25.1 Å². The molecular formula is C10H21NO2S. The van der Waals surface area contributed by atoms with Crippen LogP contribution >= 0.6 is 11.8 Å². The normalized spacial score (nSPS) is 30.2. The minimum atomic E-state index is 0.283. The van der Waals surface area contributed by atoms with E-state index in [0.717, 1.165) is 25.4 Å². The second kappa shape index (κ2) is 6.67. The van der Waals surface area contributed by atoms with Crippen molar-refractivity contribution in [3.8, 4) is 0 Å². The van der Waals surface area contributed by atoms with Gasteiger partial charge in [0, 0.05) is 24.5 Å². The zero-order chi connectivity index (χ0) is 10.4. The van der Waals surface area contributed by atoms with Crippen molar-refractivity contribution < 1.29 is 9.84 Å². The zero-order valence-electron chi connectivity index (χ0n) is 9.03. The molecule has 0 aliphatic carbocycles. The van der Waals surface area contributed by atoms with Crippen molar-refractivity contribution in [2.75, 3.05) is 32.6 Å². The Balaban J connectivity index is 2.26. The summed E-state index contributed by atoms with van der Waals surface area (Å²) in [5.74, 6) is 1.40. The van der Waals surface area contributed by atoms with Crippen molar-refractivity contribution >= 4 is 11.8 Å². The maximum atomic E-state index is 8.93. The van der Waals surface area contributed by atoms with Gasteiger partial charge < -0.3 is 15.2 Å². The summed E-state index contributed by atoms with van der Waals surface area (Å²) >= 11 is 1.92. The highest BCUT2D eigenvalue weighted by Crippen LogP contribution is 2.23. The highest BCUT2D eigenvalue weighted by atomic mass is 32.2. The molecule has 0 amide bonds. The van der Waals surface area contributed by atoms with Gasteiger partial charge in [-0.15, -0.1) is 0 Å². The average Bonchev–Trinajstić information content (AvgIpc) is 2.26. The van der Waals surface area contributed by atoms with Crippen molar-refractivity contribution in [2.45, 2.75) is 24.6 Å². The van der Waals surface area contributed by atoms with E-state index >= 15 is 0 Å². The molecule has 0 radical (unpaired) electrons. The first-order valence-corrected chi connectivity index (χ1v) is 6.30. The van der Waals surface area contributed by atoms with Gasteiger partial charge in [0.1, 0.15) is 0 Å². The molecule has 0 bridgehead atoms. The van der Waals surface area contributed by atoms with E-state index in [-0.39, 0.29) is 6.61 Å². The van der Waals surface area contributed by atoms with Gasteiger partial charge in [-0.3, -0.25) is 0 Å². The van der Waals surface area contributed by atoms with E-state index in [1.54, 1.807) is 0 Å². The highest BCUT2D eigenvalue weighted by molar-refractivity contribution is 8.00. The molecule has 0 aromatic rings. The number of aliphatic hydroxyl groups excluding tert-OH is 1. The third kappa shape index (κ3) is 3.77. The first-order valence-electron chi connectivity index (χ1n) is 5.25. The molecule has 1 rings (SSSR count). The second-order valence-corrected chi connectivity index (χ2v) is 5.19. The molecule has 0 spiro atoms. The Bertz CT molecular complexity index is 157. The molecule has 1 fully saturated rings. The lowest BCUT2D eigenvalue weighted by Gasteiger charge is -2.31. The van der Waals surface area contributed by atoms with E-state index < -0.39 is 0 Å². The summed E-state index contributed by atoms with van der Waals surface area (Å²) in [6.07, 6.45) is 1.10. The zero-order valence-corrected chi connectivity index (χ0v) is 9.85. The standard InChI is InChI=1S/C10H21NO2S/c1-8(5-12)7-14-10-6-13-4-3-9(10)11-2/h8-12H,3-7H2,1-2H3. The Morgan fingerprint density at radius 2 is 2.43 bits per heavy atom. The number of rotatable bonds is 5. The van der Waals surface area contributed by atoms with E-state index in [0.29, 0.717) is 17.2 Å². The van der Waals surface area contributed by atoms with E-state index in [4.69, 9.17) is 9.84 Å². The van der Waals surface area contributed by atoms with Crippen LogP contribution in [0.2, 0.25) is 0 Å². The molecule has 1 heterocycles.